The van der Waals surface area contributed by atoms with Gasteiger partial charge in [-0.25, -0.2) is 5.43 Å². The van der Waals surface area contributed by atoms with Gasteiger partial charge in [-0.2, -0.15) is 5.10 Å². The smallest absolute Gasteiger partial charge is 0.271 e. The van der Waals surface area contributed by atoms with Gasteiger partial charge in [-0.15, -0.1) is 0 Å². The van der Waals surface area contributed by atoms with Gasteiger partial charge in [0, 0.05) is 44.1 Å². The van der Waals surface area contributed by atoms with Crippen LogP contribution >= 0.6 is 0 Å². The van der Waals surface area contributed by atoms with E-state index in [1.54, 1.807) is 18.3 Å². The summed E-state index contributed by atoms with van der Waals surface area (Å²) in [7, 11) is 3.93. The first kappa shape index (κ1) is 18.5. The number of nitrogens with zero attached hydrogens (tertiary/aromatic N) is 3. The Morgan fingerprint density at radius 3 is 2.04 bits per heavy atom. The topological polar surface area (TPSA) is 47.9 Å². The summed E-state index contributed by atoms with van der Waals surface area (Å²) in [6.07, 6.45) is 1.65. The molecule has 0 aliphatic carbocycles. The maximum Gasteiger partial charge on any atom is 0.271 e. The number of hydrazone groups is 1. The molecule has 0 radical (unpaired) electrons. The van der Waals surface area contributed by atoms with E-state index in [0.717, 1.165) is 24.3 Å². The molecule has 2 aromatic carbocycles. The first-order chi connectivity index (χ1) is 12.0. The molecule has 0 spiro atoms. The second-order valence-electron chi connectivity index (χ2n) is 5.90. The number of benzene rings is 2. The minimum Gasteiger partial charge on any atom is -0.378 e. The van der Waals surface area contributed by atoms with Crippen molar-refractivity contribution >= 4 is 23.5 Å². The van der Waals surface area contributed by atoms with Crippen LogP contribution in [0.4, 0.5) is 11.4 Å². The van der Waals surface area contributed by atoms with Gasteiger partial charge < -0.3 is 9.80 Å². The lowest BCUT2D eigenvalue weighted by atomic mass is 10.2. The van der Waals surface area contributed by atoms with Crippen LogP contribution in [0.2, 0.25) is 0 Å². The lowest BCUT2D eigenvalue weighted by Crippen LogP contribution is -2.21. The van der Waals surface area contributed by atoms with E-state index >= 15 is 0 Å². The van der Waals surface area contributed by atoms with Crippen LogP contribution in [0.15, 0.2) is 53.6 Å². The zero-order chi connectivity index (χ0) is 18.2. The van der Waals surface area contributed by atoms with E-state index in [-0.39, 0.29) is 5.91 Å². The first-order valence-corrected chi connectivity index (χ1v) is 8.51. The normalized spacial score (nSPS) is 10.7. The van der Waals surface area contributed by atoms with Crippen molar-refractivity contribution in [2.45, 2.75) is 13.8 Å². The maximum atomic E-state index is 12.1. The highest BCUT2D eigenvalue weighted by molar-refractivity contribution is 5.95. The van der Waals surface area contributed by atoms with Gasteiger partial charge in [-0.05, 0) is 55.8 Å². The summed E-state index contributed by atoms with van der Waals surface area (Å²) in [6, 6.07) is 15.5. The minimum absolute atomic E-state index is 0.221. The zero-order valence-electron chi connectivity index (χ0n) is 15.4. The fourth-order valence-electron chi connectivity index (χ4n) is 2.50. The van der Waals surface area contributed by atoms with Crippen LogP contribution in [0.1, 0.15) is 29.8 Å². The van der Waals surface area contributed by atoms with Gasteiger partial charge in [-0.3, -0.25) is 4.79 Å². The highest BCUT2D eigenvalue weighted by atomic mass is 16.2. The van der Waals surface area contributed by atoms with E-state index in [9.17, 15) is 4.79 Å². The average molecular weight is 338 g/mol. The molecular formula is C20H26N4O. The standard InChI is InChI=1S/C20H26N4O/c1-5-24(6-2)19-11-7-16(8-12-19)15-21-22-20(25)17-9-13-18(14-10-17)23(3)4/h7-15H,5-6H2,1-4H3,(H,22,25). The molecule has 0 fully saturated rings. The Morgan fingerprint density at radius 1 is 0.960 bits per heavy atom. The molecule has 1 amide bonds. The predicted molar refractivity (Wildman–Crippen MR) is 106 cm³/mol. The molecule has 132 valence electrons. The molecule has 2 aromatic rings. The second-order valence-corrected chi connectivity index (χ2v) is 5.90. The van der Waals surface area contributed by atoms with Gasteiger partial charge in [0.05, 0.1) is 6.21 Å². The number of hydrogen-bond acceptors (Lipinski definition) is 4. The molecule has 0 bridgehead atoms. The van der Waals surface area contributed by atoms with E-state index in [4.69, 9.17) is 0 Å². The largest absolute Gasteiger partial charge is 0.378 e. The number of hydrogen-bond donors (Lipinski definition) is 1. The molecule has 0 aliphatic rings. The SMILES string of the molecule is CCN(CC)c1ccc(C=NNC(=O)c2ccc(N(C)C)cc2)cc1. The van der Waals surface area contributed by atoms with Crippen LogP contribution in [0.5, 0.6) is 0 Å². The Morgan fingerprint density at radius 2 is 1.52 bits per heavy atom. The van der Waals surface area contributed by atoms with Crippen molar-refractivity contribution in [2.24, 2.45) is 5.10 Å². The molecule has 5 heteroatoms. The van der Waals surface area contributed by atoms with E-state index in [0.29, 0.717) is 5.56 Å². The summed E-state index contributed by atoms with van der Waals surface area (Å²) in [5.74, 6) is -0.221. The van der Waals surface area contributed by atoms with Crippen LogP contribution < -0.4 is 15.2 Å². The fourth-order valence-corrected chi connectivity index (χ4v) is 2.50. The molecule has 5 nitrogen and oxygen atoms in total. The third-order valence-electron chi connectivity index (χ3n) is 4.05. The Labute approximate surface area is 150 Å². The van der Waals surface area contributed by atoms with E-state index < -0.39 is 0 Å². The van der Waals surface area contributed by atoms with Gasteiger partial charge in [-0.1, -0.05) is 12.1 Å². The quantitative estimate of drug-likeness (QED) is 0.622. The predicted octanol–water partition coefficient (Wildman–Crippen LogP) is 3.36. The van der Waals surface area contributed by atoms with Crippen molar-refractivity contribution in [1.82, 2.24) is 5.43 Å². The molecule has 0 heterocycles. The molecule has 1 N–H and O–H groups in total. The lowest BCUT2D eigenvalue weighted by molar-refractivity contribution is 0.0955. The molecular weight excluding hydrogens is 312 g/mol. The minimum atomic E-state index is -0.221. The Bertz CT molecular complexity index is 701. The highest BCUT2D eigenvalue weighted by Crippen LogP contribution is 2.14. The van der Waals surface area contributed by atoms with Gasteiger partial charge >= 0.3 is 0 Å². The summed E-state index contributed by atoms with van der Waals surface area (Å²) in [4.78, 5) is 16.4. The van der Waals surface area contributed by atoms with Crippen LogP contribution in [-0.2, 0) is 0 Å². The summed E-state index contributed by atoms with van der Waals surface area (Å²) in [6.45, 7) is 6.23. The third-order valence-corrected chi connectivity index (χ3v) is 4.05. The fraction of sp³-hybridized carbons (Fsp3) is 0.300. The molecule has 0 unspecified atom stereocenters. The summed E-state index contributed by atoms with van der Waals surface area (Å²) in [5, 5.41) is 4.04. The Kier molecular flexibility index (Phi) is 6.57. The molecule has 0 atom stereocenters. The third kappa shape index (κ3) is 5.08. The second kappa shape index (κ2) is 8.87. The molecule has 2 rings (SSSR count). The van der Waals surface area contributed by atoms with Crippen LogP contribution in [0.3, 0.4) is 0 Å². The van der Waals surface area contributed by atoms with Crippen LogP contribution in [0.25, 0.3) is 0 Å². The van der Waals surface area contributed by atoms with Gasteiger partial charge in [0.25, 0.3) is 5.91 Å². The number of carbonyl (C=O) groups is 1. The first-order valence-electron chi connectivity index (χ1n) is 8.51. The highest BCUT2D eigenvalue weighted by Gasteiger charge is 2.04. The van der Waals surface area contributed by atoms with Gasteiger partial charge in [0.15, 0.2) is 0 Å². The molecule has 0 aromatic heterocycles. The van der Waals surface area contributed by atoms with E-state index in [1.165, 1.54) is 5.69 Å². The van der Waals surface area contributed by atoms with E-state index in [2.05, 4.69) is 41.4 Å². The van der Waals surface area contributed by atoms with Crippen LogP contribution in [-0.4, -0.2) is 39.3 Å². The number of amides is 1. The summed E-state index contributed by atoms with van der Waals surface area (Å²) < 4.78 is 0. The Hall–Kier alpha value is -2.82. The van der Waals surface area contributed by atoms with Crippen molar-refractivity contribution in [2.75, 3.05) is 37.0 Å². The average Bonchev–Trinajstić information content (AvgIpc) is 2.64. The number of rotatable bonds is 7. The van der Waals surface area contributed by atoms with Gasteiger partial charge in [0.2, 0.25) is 0 Å². The molecule has 25 heavy (non-hydrogen) atoms. The monoisotopic (exact) mass is 338 g/mol. The summed E-state index contributed by atoms with van der Waals surface area (Å²) >= 11 is 0. The molecule has 0 aliphatic heterocycles. The number of carbonyl (C=O) groups excluding carboxylic acids is 1. The van der Waals surface area contributed by atoms with Crippen molar-refractivity contribution < 1.29 is 4.79 Å². The lowest BCUT2D eigenvalue weighted by Gasteiger charge is -2.20. The van der Waals surface area contributed by atoms with Crippen molar-refractivity contribution in [3.8, 4) is 0 Å². The zero-order valence-corrected chi connectivity index (χ0v) is 15.4. The number of nitrogens with one attached hydrogen (secondary N) is 1. The van der Waals surface area contributed by atoms with E-state index in [1.807, 2.05) is 43.3 Å². The Balaban J connectivity index is 1.94. The van der Waals surface area contributed by atoms with Crippen LogP contribution in [0, 0.1) is 0 Å². The molecule has 0 saturated heterocycles. The summed E-state index contributed by atoms with van der Waals surface area (Å²) in [5.41, 5.74) is 6.33. The number of anilines is 2. The molecule has 0 saturated carbocycles. The van der Waals surface area contributed by atoms with Crippen molar-refractivity contribution in [1.29, 1.82) is 0 Å². The van der Waals surface area contributed by atoms with Gasteiger partial charge in [0.1, 0.15) is 0 Å². The van der Waals surface area contributed by atoms with Crippen molar-refractivity contribution in [3.05, 3.63) is 59.7 Å². The van der Waals surface area contributed by atoms with Crippen molar-refractivity contribution in [3.63, 3.8) is 0 Å². The maximum absolute atomic E-state index is 12.1.